The van der Waals surface area contributed by atoms with Gasteiger partial charge in [0.2, 0.25) is 6.79 Å². The van der Waals surface area contributed by atoms with Gasteiger partial charge < -0.3 is 14.0 Å². The molecule has 1 aromatic rings. The minimum Gasteiger partial charge on any atom is -0.591 e. The molecular formula is C13H17NO3S. The predicted octanol–water partition coefficient (Wildman–Crippen LogP) is 2.69. The average molecular weight is 267 g/mol. The summed E-state index contributed by atoms with van der Waals surface area (Å²) in [4.78, 5) is 0. The molecule has 0 radical (unpaired) electrons. The van der Waals surface area contributed by atoms with Gasteiger partial charge in [0.25, 0.3) is 0 Å². The van der Waals surface area contributed by atoms with E-state index in [1.807, 2.05) is 45.9 Å². The van der Waals surface area contributed by atoms with Crippen molar-refractivity contribution in [1.82, 2.24) is 0 Å². The van der Waals surface area contributed by atoms with Crippen molar-refractivity contribution in [3.05, 3.63) is 23.8 Å². The molecule has 1 heterocycles. The van der Waals surface area contributed by atoms with E-state index in [1.54, 1.807) is 0 Å². The predicted molar refractivity (Wildman–Crippen MR) is 72.7 cm³/mol. The van der Waals surface area contributed by atoms with Crippen molar-refractivity contribution in [3.63, 3.8) is 0 Å². The lowest BCUT2D eigenvalue weighted by molar-refractivity contribution is 0.174. The maximum absolute atomic E-state index is 11.9. The fraction of sp³-hybridized carbons (Fsp3) is 0.462. The summed E-state index contributed by atoms with van der Waals surface area (Å²) in [7, 11) is 0. The lowest BCUT2D eigenvalue weighted by Gasteiger charge is -2.18. The van der Waals surface area contributed by atoms with Crippen molar-refractivity contribution in [3.8, 4) is 11.5 Å². The van der Waals surface area contributed by atoms with Crippen LogP contribution in [0.3, 0.4) is 0 Å². The third kappa shape index (κ3) is 2.79. The molecule has 5 heteroatoms. The Hall–Kier alpha value is -1.20. The van der Waals surface area contributed by atoms with E-state index >= 15 is 0 Å². The fourth-order valence-corrected chi connectivity index (χ4v) is 2.06. The fourth-order valence-electron chi connectivity index (χ4n) is 1.44. The van der Waals surface area contributed by atoms with Gasteiger partial charge in [-0.25, -0.2) is 0 Å². The molecule has 0 spiro atoms. The van der Waals surface area contributed by atoms with Crippen LogP contribution in [0.25, 0.3) is 0 Å². The van der Waals surface area contributed by atoms with E-state index in [0.717, 1.165) is 17.0 Å². The number of rotatable bonds is 2. The molecule has 1 aliphatic rings. The highest BCUT2D eigenvalue weighted by Crippen LogP contribution is 2.32. The number of fused-ring (bicyclic) bond motifs is 1. The van der Waals surface area contributed by atoms with Crippen molar-refractivity contribution in [1.29, 1.82) is 0 Å². The van der Waals surface area contributed by atoms with Gasteiger partial charge in [-0.1, -0.05) is 4.40 Å². The summed E-state index contributed by atoms with van der Waals surface area (Å²) in [5.74, 6) is 1.45. The van der Waals surface area contributed by atoms with Gasteiger partial charge in [-0.15, -0.1) is 0 Å². The average Bonchev–Trinajstić information content (AvgIpc) is 2.74. The van der Waals surface area contributed by atoms with Crippen molar-refractivity contribution in [2.75, 3.05) is 6.79 Å². The van der Waals surface area contributed by atoms with Crippen LogP contribution in [0.4, 0.5) is 0 Å². The molecule has 0 saturated carbocycles. The number of nitrogens with zero attached hydrogens (tertiary/aromatic N) is 1. The van der Waals surface area contributed by atoms with E-state index < -0.39 is 11.4 Å². The van der Waals surface area contributed by atoms with Crippen LogP contribution < -0.4 is 9.47 Å². The minimum absolute atomic E-state index is 0.253. The zero-order chi connectivity index (χ0) is 13.3. The molecule has 0 amide bonds. The lowest BCUT2D eigenvalue weighted by Crippen LogP contribution is -2.26. The van der Waals surface area contributed by atoms with Crippen LogP contribution in [-0.4, -0.2) is 21.8 Å². The van der Waals surface area contributed by atoms with E-state index in [2.05, 4.69) is 4.40 Å². The van der Waals surface area contributed by atoms with Gasteiger partial charge >= 0.3 is 0 Å². The molecule has 0 saturated heterocycles. The first-order chi connectivity index (χ1) is 8.38. The van der Waals surface area contributed by atoms with Gasteiger partial charge in [-0.2, -0.15) is 0 Å². The zero-order valence-corrected chi connectivity index (χ0v) is 11.8. The molecule has 0 fully saturated rings. The smallest absolute Gasteiger partial charge is 0.231 e. The summed E-state index contributed by atoms with van der Waals surface area (Å²) >= 11 is -1.25. The van der Waals surface area contributed by atoms with Crippen molar-refractivity contribution in [2.45, 2.75) is 32.4 Å². The number of hydrogen-bond donors (Lipinski definition) is 0. The SMILES string of the molecule is CC(=N[S@+]([O-])C(C)(C)C)c1ccc2c(c1)OCO2. The Labute approximate surface area is 110 Å². The zero-order valence-electron chi connectivity index (χ0n) is 11.0. The molecule has 4 nitrogen and oxygen atoms in total. The molecule has 0 aliphatic carbocycles. The molecule has 0 aromatic heterocycles. The second-order valence-electron chi connectivity index (χ2n) is 5.11. The molecule has 0 N–H and O–H groups in total. The molecule has 0 unspecified atom stereocenters. The highest BCUT2D eigenvalue weighted by molar-refractivity contribution is 7.91. The Balaban J connectivity index is 2.24. The Kier molecular flexibility index (Phi) is 3.54. The van der Waals surface area contributed by atoms with Crippen LogP contribution >= 0.6 is 0 Å². The second kappa shape index (κ2) is 4.82. The molecule has 1 aromatic carbocycles. The molecule has 98 valence electrons. The van der Waals surface area contributed by atoms with E-state index in [9.17, 15) is 4.55 Å². The normalized spacial score (nSPS) is 16.8. The molecule has 18 heavy (non-hydrogen) atoms. The van der Waals surface area contributed by atoms with Gasteiger partial charge in [-0.3, -0.25) is 0 Å². The molecule has 2 rings (SSSR count). The number of ether oxygens (including phenoxy) is 2. The monoisotopic (exact) mass is 267 g/mol. The van der Waals surface area contributed by atoms with Gasteiger partial charge in [-0.05, 0) is 45.9 Å². The number of hydrogen-bond acceptors (Lipinski definition) is 4. The van der Waals surface area contributed by atoms with Crippen LogP contribution in [0.1, 0.15) is 33.3 Å². The van der Waals surface area contributed by atoms with E-state index in [0.29, 0.717) is 5.75 Å². The summed E-state index contributed by atoms with van der Waals surface area (Å²) in [5.41, 5.74) is 1.64. The molecule has 0 bridgehead atoms. The second-order valence-corrected chi connectivity index (χ2v) is 7.01. The van der Waals surface area contributed by atoms with E-state index in [1.165, 1.54) is 0 Å². The van der Waals surface area contributed by atoms with E-state index in [4.69, 9.17) is 9.47 Å². The topological polar surface area (TPSA) is 53.9 Å². The van der Waals surface area contributed by atoms with Crippen LogP contribution in [0.2, 0.25) is 0 Å². The number of benzene rings is 1. The van der Waals surface area contributed by atoms with Crippen LogP contribution in [0.15, 0.2) is 22.6 Å². The molecular weight excluding hydrogens is 250 g/mol. The van der Waals surface area contributed by atoms with Crippen molar-refractivity contribution >= 4 is 17.1 Å². The minimum atomic E-state index is -1.25. The summed E-state index contributed by atoms with van der Waals surface area (Å²) in [6, 6.07) is 5.60. The summed E-state index contributed by atoms with van der Waals surface area (Å²) in [5, 5.41) is 0. The quantitative estimate of drug-likeness (QED) is 0.611. The third-order valence-electron chi connectivity index (χ3n) is 2.53. The molecule has 1 atom stereocenters. The first-order valence-corrected chi connectivity index (χ1v) is 6.86. The maximum Gasteiger partial charge on any atom is 0.231 e. The van der Waals surface area contributed by atoms with Crippen LogP contribution in [0.5, 0.6) is 11.5 Å². The van der Waals surface area contributed by atoms with Crippen molar-refractivity contribution < 1.29 is 14.0 Å². The van der Waals surface area contributed by atoms with Gasteiger partial charge in [0.05, 0.1) is 5.71 Å². The Morgan fingerprint density at radius 2 is 1.94 bits per heavy atom. The van der Waals surface area contributed by atoms with Gasteiger partial charge in [0, 0.05) is 5.56 Å². The van der Waals surface area contributed by atoms with Crippen molar-refractivity contribution in [2.24, 2.45) is 4.40 Å². The Bertz CT molecular complexity index is 480. The highest BCUT2D eigenvalue weighted by atomic mass is 32.2. The Morgan fingerprint density at radius 3 is 2.61 bits per heavy atom. The largest absolute Gasteiger partial charge is 0.591 e. The maximum atomic E-state index is 11.9. The summed E-state index contributed by atoms with van der Waals surface area (Å²) in [6.07, 6.45) is 0. The standard InChI is InChI=1S/C13H17NO3S/c1-9(14-18(15)13(2,3)4)10-5-6-11-12(7-10)17-8-16-11/h5-7H,8H2,1-4H3/t18-/m1/s1. The van der Waals surface area contributed by atoms with Gasteiger partial charge in [0.1, 0.15) is 16.1 Å². The summed E-state index contributed by atoms with van der Waals surface area (Å²) < 4.78 is 26.4. The first kappa shape index (κ1) is 13.2. The van der Waals surface area contributed by atoms with E-state index in [-0.39, 0.29) is 11.5 Å². The van der Waals surface area contributed by atoms with Crippen LogP contribution in [-0.2, 0) is 11.4 Å². The third-order valence-corrected chi connectivity index (χ3v) is 4.02. The van der Waals surface area contributed by atoms with Crippen LogP contribution in [0, 0.1) is 0 Å². The Morgan fingerprint density at radius 1 is 1.28 bits per heavy atom. The lowest BCUT2D eigenvalue weighted by atomic mass is 10.1. The molecule has 1 aliphatic heterocycles. The highest BCUT2D eigenvalue weighted by Gasteiger charge is 2.27. The first-order valence-electron chi connectivity index (χ1n) is 5.75. The summed E-state index contributed by atoms with van der Waals surface area (Å²) in [6.45, 7) is 7.81. The van der Waals surface area contributed by atoms with Gasteiger partial charge in [0.15, 0.2) is 11.5 Å².